The zero-order valence-electron chi connectivity index (χ0n) is 14.7. The summed E-state index contributed by atoms with van der Waals surface area (Å²) in [5.41, 5.74) is 0.869. The standard InChI is InChI=1S/C20H16N2O5/c1-21-17(23)16(18(24)22(2)20(21)26)12-13-8-10-15(11-9-13)27-19(25)14-6-4-3-5-7-14/h3-12H,1-2H3. The summed E-state index contributed by atoms with van der Waals surface area (Å²) in [6.07, 6.45) is 1.40. The van der Waals surface area contributed by atoms with Crippen LogP contribution >= 0.6 is 0 Å². The first kappa shape index (κ1) is 18.1. The van der Waals surface area contributed by atoms with E-state index in [0.717, 1.165) is 9.80 Å². The molecule has 0 aromatic heterocycles. The van der Waals surface area contributed by atoms with Crippen molar-refractivity contribution in [1.29, 1.82) is 0 Å². The van der Waals surface area contributed by atoms with Gasteiger partial charge < -0.3 is 4.74 Å². The number of likely N-dealkylation sites (N-methyl/N-ethyl adjacent to an activating group) is 2. The van der Waals surface area contributed by atoms with Gasteiger partial charge in [-0.05, 0) is 35.9 Å². The van der Waals surface area contributed by atoms with Crippen molar-refractivity contribution in [3.05, 3.63) is 71.3 Å². The number of barbiturate groups is 1. The van der Waals surface area contributed by atoms with Gasteiger partial charge in [0, 0.05) is 14.1 Å². The van der Waals surface area contributed by atoms with Crippen LogP contribution in [0.25, 0.3) is 6.08 Å². The third-order valence-corrected chi connectivity index (χ3v) is 4.06. The Morgan fingerprint density at radius 3 is 1.96 bits per heavy atom. The molecule has 7 nitrogen and oxygen atoms in total. The molecular formula is C20H16N2O5. The number of rotatable bonds is 3. The molecule has 7 heteroatoms. The summed E-state index contributed by atoms with van der Waals surface area (Å²) in [5.74, 6) is -1.48. The minimum absolute atomic E-state index is 0.117. The Morgan fingerprint density at radius 2 is 1.41 bits per heavy atom. The van der Waals surface area contributed by atoms with Crippen molar-refractivity contribution in [2.45, 2.75) is 0 Å². The molecule has 0 unspecified atom stereocenters. The molecule has 0 spiro atoms. The Balaban J connectivity index is 1.78. The van der Waals surface area contributed by atoms with E-state index in [9.17, 15) is 19.2 Å². The van der Waals surface area contributed by atoms with Gasteiger partial charge in [0.15, 0.2) is 0 Å². The van der Waals surface area contributed by atoms with E-state index in [1.807, 2.05) is 0 Å². The molecule has 1 saturated heterocycles. The van der Waals surface area contributed by atoms with E-state index in [1.54, 1.807) is 54.6 Å². The Hall–Kier alpha value is -3.74. The van der Waals surface area contributed by atoms with Gasteiger partial charge in [-0.2, -0.15) is 0 Å². The molecule has 0 N–H and O–H groups in total. The van der Waals surface area contributed by atoms with Crippen LogP contribution in [0.2, 0.25) is 0 Å². The predicted molar refractivity (Wildman–Crippen MR) is 96.8 cm³/mol. The second kappa shape index (κ2) is 7.25. The second-order valence-electron chi connectivity index (χ2n) is 5.89. The lowest BCUT2D eigenvalue weighted by molar-refractivity contribution is -0.134. The maximum atomic E-state index is 12.2. The fourth-order valence-corrected chi connectivity index (χ4v) is 2.51. The maximum absolute atomic E-state index is 12.2. The maximum Gasteiger partial charge on any atom is 0.343 e. The number of hydrogen-bond donors (Lipinski definition) is 0. The summed E-state index contributed by atoms with van der Waals surface area (Å²) in [5, 5.41) is 0. The number of benzene rings is 2. The lowest BCUT2D eigenvalue weighted by Crippen LogP contribution is -2.52. The van der Waals surface area contributed by atoms with Gasteiger partial charge in [0.05, 0.1) is 5.56 Å². The van der Waals surface area contributed by atoms with Gasteiger partial charge >= 0.3 is 12.0 Å². The topological polar surface area (TPSA) is 84.0 Å². The highest BCUT2D eigenvalue weighted by molar-refractivity contribution is 6.30. The van der Waals surface area contributed by atoms with E-state index in [-0.39, 0.29) is 5.57 Å². The van der Waals surface area contributed by atoms with Crippen LogP contribution in [0, 0.1) is 0 Å². The monoisotopic (exact) mass is 364 g/mol. The normalized spacial score (nSPS) is 14.4. The molecule has 1 fully saturated rings. The summed E-state index contributed by atoms with van der Waals surface area (Å²) < 4.78 is 5.28. The van der Waals surface area contributed by atoms with Crippen molar-refractivity contribution in [2.75, 3.05) is 14.1 Å². The number of ether oxygens (including phenoxy) is 1. The first-order valence-electron chi connectivity index (χ1n) is 8.07. The van der Waals surface area contributed by atoms with Crippen molar-refractivity contribution in [3.8, 4) is 5.75 Å². The molecule has 27 heavy (non-hydrogen) atoms. The highest BCUT2D eigenvalue weighted by atomic mass is 16.5. The second-order valence-corrected chi connectivity index (χ2v) is 5.89. The number of esters is 1. The first-order chi connectivity index (χ1) is 12.9. The van der Waals surface area contributed by atoms with Crippen LogP contribution in [0.3, 0.4) is 0 Å². The van der Waals surface area contributed by atoms with Crippen molar-refractivity contribution in [2.24, 2.45) is 0 Å². The predicted octanol–water partition coefficient (Wildman–Crippen LogP) is 2.34. The van der Waals surface area contributed by atoms with Gasteiger partial charge in [-0.3, -0.25) is 19.4 Å². The van der Waals surface area contributed by atoms with Gasteiger partial charge in [0.2, 0.25) is 0 Å². The molecule has 0 radical (unpaired) electrons. The van der Waals surface area contributed by atoms with Gasteiger partial charge in [0.1, 0.15) is 11.3 Å². The average molecular weight is 364 g/mol. The summed E-state index contributed by atoms with van der Waals surface area (Å²) in [7, 11) is 2.63. The SMILES string of the molecule is CN1C(=O)C(=Cc2ccc(OC(=O)c3ccccc3)cc2)C(=O)N(C)C1=O. The molecular weight excluding hydrogens is 348 g/mol. The summed E-state index contributed by atoms with van der Waals surface area (Å²) in [6, 6.07) is 14.2. The molecule has 0 saturated carbocycles. The molecule has 1 aliphatic rings. The van der Waals surface area contributed by atoms with Crippen LogP contribution in [0.5, 0.6) is 5.75 Å². The summed E-state index contributed by atoms with van der Waals surface area (Å²) in [6.45, 7) is 0. The van der Waals surface area contributed by atoms with Gasteiger partial charge in [-0.1, -0.05) is 30.3 Å². The number of imide groups is 2. The number of carbonyl (C=O) groups is 4. The molecule has 0 bridgehead atoms. The van der Waals surface area contributed by atoms with Crippen molar-refractivity contribution >= 4 is 29.9 Å². The number of urea groups is 1. The Bertz CT molecular complexity index is 922. The van der Waals surface area contributed by atoms with Gasteiger partial charge in [-0.25, -0.2) is 9.59 Å². The molecule has 1 aliphatic heterocycles. The Labute approximate surface area is 155 Å². The van der Waals surface area contributed by atoms with Crippen LogP contribution < -0.4 is 4.74 Å². The minimum Gasteiger partial charge on any atom is -0.423 e. The fraction of sp³-hybridized carbons (Fsp3) is 0.100. The molecule has 0 aliphatic carbocycles. The molecule has 2 aromatic carbocycles. The smallest absolute Gasteiger partial charge is 0.343 e. The molecule has 1 heterocycles. The summed E-state index contributed by atoms with van der Waals surface area (Å²) >= 11 is 0. The van der Waals surface area contributed by atoms with Crippen molar-refractivity contribution in [1.82, 2.24) is 9.80 Å². The van der Waals surface area contributed by atoms with Crippen LogP contribution in [0.1, 0.15) is 15.9 Å². The fourth-order valence-electron chi connectivity index (χ4n) is 2.51. The number of nitrogens with zero attached hydrogens (tertiary/aromatic N) is 2. The third-order valence-electron chi connectivity index (χ3n) is 4.06. The van der Waals surface area contributed by atoms with E-state index in [1.165, 1.54) is 20.2 Å². The largest absolute Gasteiger partial charge is 0.423 e. The van der Waals surface area contributed by atoms with Crippen LogP contribution in [0.4, 0.5) is 4.79 Å². The summed E-state index contributed by atoms with van der Waals surface area (Å²) in [4.78, 5) is 49.9. The van der Waals surface area contributed by atoms with E-state index in [2.05, 4.69) is 0 Å². The highest BCUT2D eigenvalue weighted by Crippen LogP contribution is 2.20. The van der Waals surface area contributed by atoms with Crippen molar-refractivity contribution in [3.63, 3.8) is 0 Å². The number of amides is 4. The molecule has 2 aromatic rings. The minimum atomic E-state index is -0.676. The first-order valence-corrected chi connectivity index (χ1v) is 8.07. The van der Waals surface area contributed by atoms with E-state index >= 15 is 0 Å². The van der Waals surface area contributed by atoms with Gasteiger partial charge in [0.25, 0.3) is 11.8 Å². The third kappa shape index (κ3) is 3.62. The average Bonchev–Trinajstić information content (AvgIpc) is 2.70. The van der Waals surface area contributed by atoms with Crippen LogP contribution in [0.15, 0.2) is 60.2 Å². The van der Waals surface area contributed by atoms with E-state index < -0.39 is 23.8 Å². The zero-order chi connectivity index (χ0) is 19.6. The number of hydrogen-bond acceptors (Lipinski definition) is 5. The van der Waals surface area contributed by atoms with Gasteiger partial charge in [-0.15, -0.1) is 0 Å². The van der Waals surface area contributed by atoms with E-state index in [0.29, 0.717) is 16.9 Å². The highest BCUT2D eigenvalue weighted by Gasteiger charge is 2.37. The lowest BCUT2D eigenvalue weighted by Gasteiger charge is -2.28. The van der Waals surface area contributed by atoms with Crippen LogP contribution in [-0.4, -0.2) is 47.7 Å². The van der Waals surface area contributed by atoms with Crippen molar-refractivity contribution < 1.29 is 23.9 Å². The van der Waals surface area contributed by atoms with Crippen LogP contribution in [-0.2, 0) is 9.59 Å². The molecule has 3 rings (SSSR count). The quantitative estimate of drug-likeness (QED) is 0.361. The van der Waals surface area contributed by atoms with E-state index in [4.69, 9.17) is 4.74 Å². The lowest BCUT2D eigenvalue weighted by atomic mass is 10.1. The Morgan fingerprint density at radius 1 is 0.852 bits per heavy atom. The molecule has 0 atom stereocenters. The zero-order valence-corrected chi connectivity index (χ0v) is 14.7. The molecule has 4 amide bonds. The molecule has 136 valence electrons. The Kier molecular flexibility index (Phi) is 4.85. The number of carbonyl (C=O) groups excluding carboxylic acids is 4.